The maximum atomic E-state index is 11.6. The third-order valence-electron chi connectivity index (χ3n) is 4.91. The van der Waals surface area contributed by atoms with E-state index in [9.17, 15) is 14.7 Å². The van der Waals surface area contributed by atoms with E-state index < -0.39 is 6.23 Å². The van der Waals surface area contributed by atoms with Crippen LogP contribution < -0.4 is 0 Å². The van der Waals surface area contributed by atoms with Crippen LogP contribution in [0.2, 0.25) is 0 Å². The van der Waals surface area contributed by atoms with Crippen LogP contribution in [0.25, 0.3) is 0 Å². The molecule has 118 valence electrons. The summed E-state index contributed by atoms with van der Waals surface area (Å²) in [6.07, 6.45) is 1.19. The number of fused-ring (bicyclic) bond motifs is 1. The van der Waals surface area contributed by atoms with Gasteiger partial charge < -0.3 is 14.7 Å². The van der Waals surface area contributed by atoms with Gasteiger partial charge in [0.2, 0.25) is 6.41 Å². The fourth-order valence-electron chi connectivity index (χ4n) is 3.74. The Hall–Kier alpha value is -1.88. The second-order valence-electron chi connectivity index (χ2n) is 6.30. The number of nitrogens with zero attached hydrogens (tertiary/aromatic N) is 1. The first-order chi connectivity index (χ1) is 10.5. The van der Waals surface area contributed by atoms with Gasteiger partial charge in [0, 0.05) is 30.9 Å². The number of rotatable bonds is 5. The third-order valence-corrected chi connectivity index (χ3v) is 4.91. The zero-order chi connectivity index (χ0) is 15.9. The Balaban J connectivity index is 1.77. The van der Waals surface area contributed by atoms with Gasteiger partial charge in [0.15, 0.2) is 6.23 Å². The van der Waals surface area contributed by atoms with Gasteiger partial charge >= 0.3 is 5.97 Å². The van der Waals surface area contributed by atoms with Crippen molar-refractivity contribution in [2.24, 2.45) is 11.8 Å². The number of hydrogen-bond acceptors (Lipinski definition) is 4. The monoisotopic (exact) mass is 303 g/mol. The number of benzene rings is 1. The Morgan fingerprint density at radius 3 is 2.73 bits per heavy atom. The number of amides is 1. The van der Waals surface area contributed by atoms with E-state index in [1.807, 2.05) is 31.2 Å². The average Bonchev–Trinajstić information content (AvgIpc) is 3.19. The van der Waals surface area contributed by atoms with Crippen molar-refractivity contribution < 1.29 is 19.4 Å². The lowest BCUT2D eigenvalue weighted by Gasteiger charge is -2.32. The van der Waals surface area contributed by atoms with Crippen molar-refractivity contribution in [3.05, 3.63) is 35.4 Å². The first-order valence-electron chi connectivity index (χ1n) is 7.66. The second kappa shape index (κ2) is 5.72. The lowest BCUT2D eigenvalue weighted by Crippen LogP contribution is -2.39. The Kier molecular flexibility index (Phi) is 3.91. The summed E-state index contributed by atoms with van der Waals surface area (Å²) < 4.78 is 5.34. The molecule has 2 fully saturated rings. The molecule has 2 saturated carbocycles. The molecule has 1 N–H and O–H groups in total. The van der Waals surface area contributed by atoms with Gasteiger partial charge in [0.1, 0.15) is 6.10 Å². The molecule has 0 heterocycles. The molecule has 5 nitrogen and oxygen atoms in total. The molecule has 22 heavy (non-hydrogen) atoms. The van der Waals surface area contributed by atoms with Gasteiger partial charge in [0.05, 0.1) is 0 Å². The Labute approximate surface area is 129 Å². The first-order valence-corrected chi connectivity index (χ1v) is 7.66. The van der Waals surface area contributed by atoms with E-state index >= 15 is 0 Å². The van der Waals surface area contributed by atoms with Crippen LogP contribution in [0.4, 0.5) is 0 Å². The maximum Gasteiger partial charge on any atom is 0.302 e. The number of aliphatic hydroxyl groups excluding tert-OH is 1. The molecule has 5 atom stereocenters. The number of carbonyl (C=O) groups excluding carboxylic acids is 2. The molecule has 5 unspecified atom stereocenters. The van der Waals surface area contributed by atoms with E-state index in [4.69, 9.17) is 4.74 Å². The van der Waals surface area contributed by atoms with Crippen molar-refractivity contribution in [1.82, 2.24) is 4.90 Å². The predicted octanol–water partition coefficient (Wildman–Crippen LogP) is 1.78. The number of carbonyl (C=O) groups is 2. The molecule has 2 aliphatic rings. The van der Waals surface area contributed by atoms with Gasteiger partial charge in [-0.2, -0.15) is 0 Å². The fourth-order valence-corrected chi connectivity index (χ4v) is 3.74. The van der Waals surface area contributed by atoms with Crippen LogP contribution in [0.3, 0.4) is 0 Å². The summed E-state index contributed by atoms with van der Waals surface area (Å²) in [5, 5.41) is 10.6. The minimum Gasteiger partial charge on any atom is -0.462 e. The van der Waals surface area contributed by atoms with Crippen LogP contribution in [0.15, 0.2) is 24.3 Å². The van der Waals surface area contributed by atoms with E-state index in [1.165, 1.54) is 11.8 Å². The zero-order valence-corrected chi connectivity index (χ0v) is 12.8. The summed E-state index contributed by atoms with van der Waals surface area (Å²) in [5.74, 6) is 0.377. The van der Waals surface area contributed by atoms with E-state index in [-0.39, 0.29) is 18.1 Å². The predicted molar refractivity (Wildman–Crippen MR) is 79.6 cm³/mol. The number of hydrogen-bond donors (Lipinski definition) is 1. The summed E-state index contributed by atoms with van der Waals surface area (Å²) in [4.78, 5) is 24.2. The molecule has 2 aliphatic carbocycles. The van der Waals surface area contributed by atoms with Gasteiger partial charge in [0.25, 0.3) is 0 Å². The van der Waals surface area contributed by atoms with E-state index in [0.29, 0.717) is 24.7 Å². The highest BCUT2D eigenvalue weighted by Gasteiger charge is 2.58. The van der Waals surface area contributed by atoms with Gasteiger partial charge in [-0.25, -0.2) is 0 Å². The number of aliphatic hydroxyl groups is 1. The molecule has 3 rings (SSSR count). The van der Waals surface area contributed by atoms with Gasteiger partial charge in [-0.3, -0.25) is 9.59 Å². The average molecular weight is 303 g/mol. The summed E-state index contributed by atoms with van der Waals surface area (Å²) in [6.45, 7) is 3.32. The van der Waals surface area contributed by atoms with Crippen LogP contribution in [0, 0.1) is 18.8 Å². The number of esters is 1. The van der Waals surface area contributed by atoms with Crippen LogP contribution in [0.5, 0.6) is 0 Å². The standard InChI is InChI=1S/C17H21NO4/c1-10-5-3-4-6-12(10)17(21)18(9-19)15-8-16(22-11(2)20)14-7-13(14)15/h3-6,9,13-17,21H,7-8H2,1-2H3. The minimum absolute atomic E-state index is 0.0681. The van der Waals surface area contributed by atoms with Crippen molar-refractivity contribution in [2.75, 3.05) is 0 Å². The Morgan fingerprint density at radius 1 is 1.36 bits per heavy atom. The number of aryl methyl sites for hydroxylation is 1. The zero-order valence-electron chi connectivity index (χ0n) is 12.8. The molecule has 0 aliphatic heterocycles. The molecular weight excluding hydrogens is 282 g/mol. The van der Waals surface area contributed by atoms with Crippen molar-refractivity contribution in [3.8, 4) is 0 Å². The number of ether oxygens (including phenoxy) is 1. The molecule has 0 aromatic heterocycles. The topological polar surface area (TPSA) is 66.8 Å². The highest BCUT2D eigenvalue weighted by Crippen LogP contribution is 2.55. The summed E-state index contributed by atoms with van der Waals surface area (Å²) in [5.41, 5.74) is 1.69. The lowest BCUT2D eigenvalue weighted by molar-refractivity contribution is -0.147. The second-order valence-corrected chi connectivity index (χ2v) is 6.30. The molecule has 0 bridgehead atoms. The van der Waals surface area contributed by atoms with Gasteiger partial charge in [-0.15, -0.1) is 0 Å². The molecule has 1 amide bonds. The van der Waals surface area contributed by atoms with Crippen molar-refractivity contribution >= 4 is 12.4 Å². The van der Waals surface area contributed by atoms with Crippen molar-refractivity contribution in [2.45, 2.75) is 45.1 Å². The van der Waals surface area contributed by atoms with Gasteiger partial charge in [-0.05, 0) is 24.8 Å². The van der Waals surface area contributed by atoms with Crippen LogP contribution in [-0.4, -0.2) is 34.5 Å². The van der Waals surface area contributed by atoms with Crippen LogP contribution >= 0.6 is 0 Å². The molecule has 0 saturated heterocycles. The van der Waals surface area contributed by atoms with E-state index in [0.717, 1.165) is 17.5 Å². The molecule has 0 radical (unpaired) electrons. The fraction of sp³-hybridized carbons (Fsp3) is 0.529. The maximum absolute atomic E-state index is 11.6. The summed E-state index contributed by atoms with van der Waals surface area (Å²) >= 11 is 0. The van der Waals surface area contributed by atoms with Crippen molar-refractivity contribution in [1.29, 1.82) is 0 Å². The Bertz CT molecular complexity index is 588. The highest BCUT2D eigenvalue weighted by molar-refractivity contribution is 5.66. The van der Waals surface area contributed by atoms with Crippen LogP contribution in [0.1, 0.15) is 37.1 Å². The highest BCUT2D eigenvalue weighted by atomic mass is 16.5. The molecule has 1 aromatic rings. The van der Waals surface area contributed by atoms with Crippen LogP contribution in [-0.2, 0) is 14.3 Å². The Morgan fingerprint density at radius 2 is 2.09 bits per heavy atom. The van der Waals surface area contributed by atoms with Crippen molar-refractivity contribution in [3.63, 3.8) is 0 Å². The normalized spacial score (nSPS) is 30.3. The lowest BCUT2D eigenvalue weighted by atomic mass is 10.0. The quantitative estimate of drug-likeness (QED) is 0.511. The summed E-state index contributed by atoms with van der Waals surface area (Å²) in [7, 11) is 0. The SMILES string of the molecule is CC(=O)OC1CC(N(C=O)C(O)c2ccccc2C)C2CC12. The smallest absolute Gasteiger partial charge is 0.302 e. The molecule has 1 aromatic carbocycles. The first kappa shape index (κ1) is 15.0. The molecule has 0 spiro atoms. The third kappa shape index (κ3) is 2.61. The molecular formula is C17H21NO4. The van der Waals surface area contributed by atoms with E-state index in [1.54, 1.807) is 0 Å². The van der Waals surface area contributed by atoms with E-state index in [2.05, 4.69) is 0 Å². The largest absolute Gasteiger partial charge is 0.462 e. The molecule has 5 heteroatoms. The van der Waals surface area contributed by atoms with Gasteiger partial charge in [-0.1, -0.05) is 24.3 Å². The minimum atomic E-state index is -0.957. The summed E-state index contributed by atoms with van der Waals surface area (Å²) in [6, 6.07) is 7.43.